The third-order valence-electron chi connectivity index (χ3n) is 1.84. The predicted octanol–water partition coefficient (Wildman–Crippen LogP) is 3.72. The fourth-order valence-electron chi connectivity index (χ4n) is 1.30. The Hall–Kier alpha value is -0.120. The standard InChI is InChI=1S/C9H8Br2F3NO2S/c10-6-1-5(18-8(6)11)2-15(3-7(16)17)4-9(12,13)14/h1H,2-4H2,(H,16,17). The van der Waals surface area contributed by atoms with Crippen molar-refractivity contribution in [1.82, 2.24) is 4.90 Å². The van der Waals surface area contributed by atoms with E-state index in [9.17, 15) is 18.0 Å². The van der Waals surface area contributed by atoms with Gasteiger partial charge in [-0.3, -0.25) is 9.69 Å². The van der Waals surface area contributed by atoms with E-state index < -0.39 is 25.2 Å². The molecule has 102 valence electrons. The summed E-state index contributed by atoms with van der Waals surface area (Å²) in [5.41, 5.74) is 0. The molecule has 18 heavy (non-hydrogen) atoms. The molecule has 0 aliphatic heterocycles. The van der Waals surface area contributed by atoms with E-state index in [1.807, 2.05) is 0 Å². The minimum Gasteiger partial charge on any atom is -0.480 e. The van der Waals surface area contributed by atoms with Gasteiger partial charge < -0.3 is 5.11 Å². The van der Waals surface area contributed by atoms with Gasteiger partial charge in [0.25, 0.3) is 0 Å². The average Bonchev–Trinajstić information content (AvgIpc) is 2.40. The molecule has 0 amide bonds. The minimum absolute atomic E-state index is 0.0549. The molecule has 0 atom stereocenters. The molecule has 0 spiro atoms. The number of nitrogens with zero attached hydrogens (tertiary/aromatic N) is 1. The van der Waals surface area contributed by atoms with Crippen molar-refractivity contribution in [2.24, 2.45) is 0 Å². The number of thiophene rings is 1. The van der Waals surface area contributed by atoms with E-state index in [0.717, 1.165) is 13.2 Å². The van der Waals surface area contributed by atoms with Crippen molar-refractivity contribution in [1.29, 1.82) is 0 Å². The Morgan fingerprint density at radius 3 is 2.44 bits per heavy atom. The van der Waals surface area contributed by atoms with Crippen LogP contribution in [-0.2, 0) is 11.3 Å². The molecule has 0 aromatic carbocycles. The first-order chi connectivity index (χ1) is 8.17. The molecule has 1 aromatic heterocycles. The molecule has 9 heteroatoms. The topological polar surface area (TPSA) is 40.5 Å². The van der Waals surface area contributed by atoms with Gasteiger partial charge in [0, 0.05) is 15.9 Å². The molecule has 0 saturated heterocycles. The minimum atomic E-state index is -4.42. The van der Waals surface area contributed by atoms with Crippen LogP contribution < -0.4 is 0 Å². The van der Waals surface area contributed by atoms with Gasteiger partial charge in [-0.25, -0.2) is 0 Å². The van der Waals surface area contributed by atoms with Crippen molar-refractivity contribution in [3.63, 3.8) is 0 Å². The van der Waals surface area contributed by atoms with Gasteiger partial charge in [0.2, 0.25) is 0 Å². The fourth-order valence-corrected chi connectivity index (χ4v) is 3.52. The molecule has 1 rings (SSSR count). The fraction of sp³-hybridized carbons (Fsp3) is 0.444. The Morgan fingerprint density at radius 1 is 1.44 bits per heavy atom. The van der Waals surface area contributed by atoms with Crippen LogP contribution in [0.1, 0.15) is 4.88 Å². The van der Waals surface area contributed by atoms with Crippen molar-refractivity contribution in [2.75, 3.05) is 13.1 Å². The molecule has 0 aliphatic rings. The Labute approximate surface area is 122 Å². The molecule has 0 aliphatic carbocycles. The molecule has 1 N–H and O–H groups in total. The van der Waals surface area contributed by atoms with E-state index >= 15 is 0 Å². The molecular formula is C9H8Br2F3NO2S. The number of carboxylic acids is 1. The first-order valence-corrected chi connectivity index (χ1v) is 7.02. The number of carboxylic acid groups (broad SMARTS) is 1. The lowest BCUT2D eigenvalue weighted by molar-refractivity contribution is -0.154. The third-order valence-corrected chi connectivity index (χ3v) is 5.08. The number of hydrogen-bond acceptors (Lipinski definition) is 3. The Balaban J connectivity index is 2.74. The lowest BCUT2D eigenvalue weighted by Gasteiger charge is -2.20. The van der Waals surface area contributed by atoms with Crippen molar-refractivity contribution in [3.05, 3.63) is 19.2 Å². The van der Waals surface area contributed by atoms with Crippen LogP contribution in [0.15, 0.2) is 14.3 Å². The molecule has 3 nitrogen and oxygen atoms in total. The number of rotatable bonds is 5. The van der Waals surface area contributed by atoms with Crippen molar-refractivity contribution in [2.45, 2.75) is 12.7 Å². The van der Waals surface area contributed by atoms with E-state index in [0.29, 0.717) is 4.88 Å². The van der Waals surface area contributed by atoms with Gasteiger partial charge >= 0.3 is 12.1 Å². The average molecular weight is 411 g/mol. The van der Waals surface area contributed by atoms with Crippen LogP contribution >= 0.6 is 43.2 Å². The molecule has 0 unspecified atom stereocenters. The smallest absolute Gasteiger partial charge is 0.401 e. The van der Waals surface area contributed by atoms with Gasteiger partial charge in [0.05, 0.1) is 16.9 Å². The summed E-state index contributed by atoms with van der Waals surface area (Å²) >= 11 is 7.72. The van der Waals surface area contributed by atoms with Gasteiger partial charge in [-0.2, -0.15) is 13.2 Å². The normalized spacial score (nSPS) is 12.1. The third kappa shape index (κ3) is 5.68. The Morgan fingerprint density at radius 2 is 2.06 bits per heavy atom. The number of carbonyl (C=O) groups is 1. The van der Waals surface area contributed by atoms with E-state index in [2.05, 4.69) is 31.9 Å². The highest BCUT2D eigenvalue weighted by Gasteiger charge is 2.31. The largest absolute Gasteiger partial charge is 0.480 e. The SMILES string of the molecule is O=C(O)CN(Cc1cc(Br)c(Br)s1)CC(F)(F)F. The van der Waals surface area contributed by atoms with Gasteiger partial charge in [-0.05, 0) is 37.9 Å². The lowest BCUT2D eigenvalue weighted by atomic mass is 10.4. The van der Waals surface area contributed by atoms with Crippen LogP contribution in [0.25, 0.3) is 0 Å². The quantitative estimate of drug-likeness (QED) is 0.804. The summed E-state index contributed by atoms with van der Waals surface area (Å²) in [5, 5.41) is 8.59. The van der Waals surface area contributed by atoms with E-state index in [4.69, 9.17) is 5.11 Å². The summed E-state index contributed by atoms with van der Waals surface area (Å²) in [5.74, 6) is -1.28. The number of hydrogen-bond donors (Lipinski definition) is 1. The van der Waals surface area contributed by atoms with Gasteiger partial charge in [-0.15, -0.1) is 11.3 Å². The van der Waals surface area contributed by atoms with Crippen molar-refractivity contribution in [3.8, 4) is 0 Å². The zero-order valence-electron chi connectivity index (χ0n) is 8.80. The number of alkyl halides is 3. The van der Waals surface area contributed by atoms with Crippen molar-refractivity contribution < 1.29 is 23.1 Å². The summed E-state index contributed by atoms with van der Waals surface area (Å²) in [7, 11) is 0. The Kier molecular flexibility index (Phi) is 5.63. The van der Waals surface area contributed by atoms with Crippen LogP contribution in [0.3, 0.4) is 0 Å². The van der Waals surface area contributed by atoms with Crippen LogP contribution in [0.5, 0.6) is 0 Å². The second-order valence-corrected chi connectivity index (χ2v) is 6.80. The maximum Gasteiger partial charge on any atom is 0.401 e. The first-order valence-electron chi connectivity index (χ1n) is 4.62. The molecule has 0 bridgehead atoms. The van der Waals surface area contributed by atoms with E-state index in [1.54, 1.807) is 6.07 Å². The molecule has 0 fully saturated rings. The Bertz CT molecular complexity index is 416. The molecule has 1 aromatic rings. The highest BCUT2D eigenvalue weighted by Crippen LogP contribution is 2.33. The highest BCUT2D eigenvalue weighted by molar-refractivity contribution is 9.13. The summed E-state index contributed by atoms with van der Waals surface area (Å²) in [6.45, 7) is -1.94. The highest BCUT2D eigenvalue weighted by atomic mass is 79.9. The summed E-state index contributed by atoms with van der Waals surface area (Å²) < 4.78 is 38.4. The van der Waals surface area contributed by atoms with E-state index in [1.165, 1.54) is 11.3 Å². The van der Waals surface area contributed by atoms with Gasteiger partial charge in [0.1, 0.15) is 0 Å². The summed E-state index contributed by atoms with van der Waals surface area (Å²) in [6, 6.07) is 1.67. The predicted molar refractivity (Wildman–Crippen MR) is 68.7 cm³/mol. The summed E-state index contributed by atoms with van der Waals surface area (Å²) in [6.07, 6.45) is -4.42. The van der Waals surface area contributed by atoms with Gasteiger partial charge in [-0.1, -0.05) is 0 Å². The van der Waals surface area contributed by atoms with E-state index in [-0.39, 0.29) is 6.54 Å². The summed E-state index contributed by atoms with van der Waals surface area (Å²) in [4.78, 5) is 12.0. The van der Waals surface area contributed by atoms with Crippen LogP contribution in [0.2, 0.25) is 0 Å². The van der Waals surface area contributed by atoms with Crippen LogP contribution in [-0.4, -0.2) is 35.2 Å². The van der Waals surface area contributed by atoms with Gasteiger partial charge in [0.15, 0.2) is 0 Å². The second kappa shape index (κ2) is 6.36. The lowest BCUT2D eigenvalue weighted by Crippen LogP contribution is -2.37. The zero-order chi connectivity index (χ0) is 13.9. The zero-order valence-corrected chi connectivity index (χ0v) is 12.8. The molecule has 1 heterocycles. The van der Waals surface area contributed by atoms with Crippen LogP contribution in [0, 0.1) is 0 Å². The number of halogens is 5. The molecular weight excluding hydrogens is 403 g/mol. The second-order valence-electron chi connectivity index (χ2n) is 3.49. The molecule has 0 radical (unpaired) electrons. The first kappa shape index (κ1) is 15.9. The van der Waals surface area contributed by atoms with Crippen LogP contribution in [0.4, 0.5) is 13.2 Å². The monoisotopic (exact) mass is 409 g/mol. The molecule has 0 saturated carbocycles. The number of aliphatic carboxylic acids is 1. The maximum absolute atomic E-state index is 12.3. The van der Waals surface area contributed by atoms with Crippen molar-refractivity contribution >= 4 is 49.2 Å². The maximum atomic E-state index is 12.3.